The van der Waals surface area contributed by atoms with Gasteiger partial charge in [0.2, 0.25) is 0 Å². The smallest absolute Gasteiger partial charge is 0.0740 e. The molecule has 1 saturated heterocycles. The topological polar surface area (TPSA) is 21.3 Å². The number of ether oxygens (including phenoxy) is 1. The molecule has 3 heteroatoms. The number of rotatable bonds is 2. The van der Waals surface area contributed by atoms with E-state index >= 15 is 0 Å². The van der Waals surface area contributed by atoms with Crippen molar-refractivity contribution >= 4 is 11.6 Å². The SMILES string of the molecule is Cc1ccc(CC2CNC(C)CO2)cc1Cl. The third kappa shape index (κ3) is 2.97. The van der Waals surface area contributed by atoms with Crippen LogP contribution in [0.5, 0.6) is 0 Å². The van der Waals surface area contributed by atoms with E-state index in [1.165, 1.54) is 5.56 Å². The van der Waals surface area contributed by atoms with E-state index in [-0.39, 0.29) is 6.10 Å². The summed E-state index contributed by atoms with van der Waals surface area (Å²) in [4.78, 5) is 0. The lowest BCUT2D eigenvalue weighted by molar-refractivity contribution is 0.00882. The van der Waals surface area contributed by atoms with Crippen molar-refractivity contribution in [1.29, 1.82) is 0 Å². The molecular weight excluding hydrogens is 222 g/mol. The van der Waals surface area contributed by atoms with E-state index in [4.69, 9.17) is 16.3 Å². The number of hydrogen-bond acceptors (Lipinski definition) is 2. The summed E-state index contributed by atoms with van der Waals surface area (Å²) in [6, 6.07) is 6.70. The molecule has 2 nitrogen and oxygen atoms in total. The fraction of sp³-hybridized carbons (Fsp3) is 0.538. The summed E-state index contributed by atoms with van der Waals surface area (Å²) in [5, 5.41) is 4.26. The quantitative estimate of drug-likeness (QED) is 0.857. The average molecular weight is 240 g/mol. The van der Waals surface area contributed by atoms with Gasteiger partial charge in [-0.15, -0.1) is 0 Å². The van der Waals surface area contributed by atoms with Crippen molar-refractivity contribution in [3.63, 3.8) is 0 Å². The van der Waals surface area contributed by atoms with Crippen LogP contribution in [-0.4, -0.2) is 25.3 Å². The van der Waals surface area contributed by atoms with Crippen molar-refractivity contribution in [2.24, 2.45) is 0 Å². The van der Waals surface area contributed by atoms with Crippen LogP contribution in [-0.2, 0) is 11.2 Å². The lowest BCUT2D eigenvalue weighted by atomic mass is 10.0. The Morgan fingerprint density at radius 1 is 1.50 bits per heavy atom. The number of halogens is 1. The lowest BCUT2D eigenvalue weighted by Crippen LogP contribution is -2.45. The Bertz CT molecular complexity index is 359. The van der Waals surface area contributed by atoms with Gasteiger partial charge in [-0.1, -0.05) is 23.7 Å². The number of hydrogen-bond donors (Lipinski definition) is 1. The lowest BCUT2D eigenvalue weighted by Gasteiger charge is -2.28. The minimum Gasteiger partial charge on any atom is -0.375 e. The molecule has 2 atom stereocenters. The Morgan fingerprint density at radius 3 is 2.94 bits per heavy atom. The maximum Gasteiger partial charge on any atom is 0.0740 e. The van der Waals surface area contributed by atoms with Gasteiger partial charge in [-0.05, 0) is 37.5 Å². The zero-order valence-electron chi connectivity index (χ0n) is 9.79. The molecule has 0 aliphatic carbocycles. The zero-order valence-corrected chi connectivity index (χ0v) is 10.6. The molecular formula is C13H18ClNO. The van der Waals surface area contributed by atoms with Gasteiger partial charge in [-0.2, -0.15) is 0 Å². The minimum absolute atomic E-state index is 0.273. The summed E-state index contributed by atoms with van der Waals surface area (Å²) >= 11 is 6.10. The van der Waals surface area contributed by atoms with Gasteiger partial charge in [0.1, 0.15) is 0 Å². The molecule has 2 unspecified atom stereocenters. The second-order valence-electron chi connectivity index (χ2n) is 4.55. The number of nitrogens with one attached hydrogen (secondary N) is 1. The third-order valence-corrected chi connectivity index (χ3v) is 3.38. The summed E-state index contributed by atoms with van der Waals surface area (Å²) < 4.78 is 5.76. The molecule has 1 fully saturated rings. The standard InChI is InChI=1S/C13H18ClNO/c1-9-3-4-11(6-13(9)14)5-12-7-15-10(2)8-16-12/h3-4,6,10,12,15H,5,7-8H2,1-2H3. The second kappa shape index (κ2) is 5.17. The fourth-order valence-electron chi connectivity index (χ4n) is 1.89. The summed E-state index contributed by atoms with van der Waals surface area (Å²) in [5.74, 6) is 0. The van der Waals surface area contributed by atoms with Crippen molar-refractivity contribution in [1.82, 2.24) is 5.32 Å². The Labute approximate surface area is 102 Å². The van der Waals surface area contributed by atoms with Crippen LogP contribution in [0, 0.1) is 6.92 Å². The minimum atomic E-state index is 0.273. The van der Waals surface area contributed by atoms with Gasteiger partial charge in [0.25, 0.3) is 0 Å². The molecule has 1 N–H and O–H groups in total. The highest BCUT2D eigenvalue weighted by molar-refractivity contribution is 6.31. The number of aryl methyl sites for hydroxylation is 1. The first-order valence-corrected chi connectivity index (χ1v) is 6.13. The van der Waals surface area contributed by atoms with Crippen LogP contribution in [0.1, 0.15) is 18.1 Å². The van der Waals surface area contributed by atoms with E-state index in [0.29, 0.717) is 6.04 Å². The Morgan fingerprint density at radius 2 is 2.31 bits per heavy atom. The first kappa shape index (κ1) is 11.9. The van der Waals surface area contributed by atoms with Crippen LogP contribution >= 0.6 is 11.6 Å². The highest BCUT2D eigenvalue weighted by Crippen LogP contribution is 2.18. The molecule has 88 valence electrons. The highest BCUT2D eigenvalue weighted by Gasteiger charge is 2.18. The maximum atomic E-state index is 6.10. The molecule has 1 aromatic carbocycles. The van der Waals surface area contributed by atoms with E-state index < -0.39 is 0 Å². The van der Waals surface area contributed by atoms with Crippen LogP contribution in [0.25, 0.3) is 0 Å². The van der Waals surface area contributed by atoms with Gasteiger partial charge < -0.3 is 10.1 Å². The van der Waals surface area contributed by atoms with E-state index in [1.807, 2.05) is 13.0 Å². The molecule has 1 heterocycles. The van der Waals surface area contributed by atoms with E-state index in [0.717, 1.165) is 30.2 Å². The summed E-state index contributed by atoms with van der Waals surface area (Å²) in [7, 11) is 0. The van der Waals surface area contributed by atoms with Gasteiger partial charge in [0.15, 0.2) is 0 Å². The summed E-state index contributed by atoms with van der Waals surface area (Å²) in [5.41, 5.74) is 2.37. The van der Waals surface area contributed by atoms with Crippen LogP contribution < -0.4 is 5.32 Å². The van der Waals surface area contributed by atoms with Crippen molar-refractivity contribution in [3.8, 4) is 0 Å². The highest BCUT2D eigenvalue weighted by atomic mass is 35.5. The van der Waals surface area contributed by atoms with Crippen LogP contribution in [0.2, 0.25) is 5.02 Å². The van der Waals surface area contributed by atoms with Gasteiger partial charge in [-0.25, -0.2) is 0 Å². The Hall–Kier alpha value is -0.570. The maximum absolute atomic E-state index is 6.10. The van der Waals surface area contributed by atoms with Gasteiger partial charge in [0, 0.05) is 17.6 Å². The van der Waals surface area contributed by atoms with E-state index in [1.54, 1.807) is 0 Å². The van der Waals surface area contributed by atoms with E-state index in [9.17, 15) is 0 Å². The third-order valence-electron chi connectivity index (χ3n) is 2.98. The normalized spacial score (nSPS) is 25.7. The molecule has 1 aromatic rings. The second-order valence-corrected chi connectivity index (χ2v) is 4.96. The predicted octanol–water partition coefficient (Wildman–Crippen LogP) is 2.57. The Kier molecular flexibility index (Phi) is 3.85. The predicted molar refractivity (Wildman–Crippen MR) is 67.1 cm³/mol. The zero-order chi connectivity index (χ0) is 11.5. The van der Waals surface area contributed by atoms with E-state index in [2.05, 4.69) is 24.4 Å². The fourth-order valence-corrected chi connectivity index (χ4v) is 2.09. The Balaban J connectivity index is 1.96. The van der Waals surface area contributed by atoms with Crippen LogP contribution in [0.3, 0.4) is 0 Å². The average Bonchev–Trinajstić information content (AvgIpc) is 2.27. The van der Waals surface area contributed by atoms with Gasteiger partial charge >= 0.3 is 0 Å². The summed E-state index contributed by atoms with van der Waals surface area (Å²) in [6.07, 6.45) is 1.20. The molecule has 0 aromatic heterocycles. The molecule has 0 amide bonds. The van der Waals surface area contributed by atoms with Crippen LogP contribution in [0.4, 0.5) is 0 Å². The van der Waals surface area contributed by atoms with Crippen molar-refractivity contribution in [2.75, 3.05) is 13.2 Å². The summed E-state index contributed by atoms with van der Waals surface area (Å²) in [6.45, 7) is 5.88. The molecule has 0 saturated carbocycles. The first-order valence-electron chi connectivity index (χ1n) is 5.75. The molecule has 1 aliphatic heterocycles. The molecule has 2 rings (SSSR count). The number of benzene rings is 1. The monoisotopic (exact) mass is 239 g/mol. The van der Waals surface area contributed by atoms with Gasteiger partial charge in [0.05, 0.1) is 12.7 Å². The van der Waals surface area contributed by atoms with Crippen molar-refractivity contribution in [3.05, 3.63) is 34.3 Å². The number of morpholine rings is 1. The van der Waals surface area contributed by atoms with Gasteiger partial charge in [-0.3, -0.25) is 0 Å². The van der Waals surface area contributed by atoms with Crippen molar-refractivity contribution in [2.45, 2.75) is 32.4 Å². The molecule has 1 aliphatic rings. The van der Waals surface area contributed by atoms with Crippen molar-refractivity contribution < 1.29 is 4.74 Å². The first-order chi connectivity index (χ1) is 7.65. The molecule has 0 spiro atoms. The van der Waals surface area contributed by atoms with Crippen LogP contribution in [0.15, 0.2) is 18.2 Å². The molecule has 0 bridgehead atoms. The molecule has 16 heavy (non-hydrogen) atoms. The largest absolute Gasteiger partial charge is 0.375 e. The molecule has 0 radical (unpaired) electrons.